The molecule has 0 aromatic heterocycles. The van der Waals surface area contributed by atoms with E-state index in [4.69, 9.17) is 0 Å². The molecule has 1 aliphatic carbocycles. The Hall–Kier alpha value is -0.890. The quantitative estimate of drug-likeness (QED) is 0.859. The summed E-state index contributed by atoms with van der Waals surface area (Å²) in [5.41, 5.74) is 1.15. The number of hydrogen-bond acceptors (Lipinski definition) is 1. The monoisotopic (exact) mass is 249 g/mol. The summed E-state index contributed by atoms with van der Waals surface area (Å²) >= 11 is 0. The van der Waals surface area contributed by atoms with Crippen LogP contribution in [-0.4, -0.2) is 13.6 Å². The maximum atomic E-state index is 13.2. The summed E-state index contributed by atoms with van der Waals surface area (Å²) in [7, 11) is 2.03. The van der Waals surface area contributed by atoms with Gasteiger partial charge in [0, 0.05) is 0 Å². The number of benzene rings is 1. The maximum absolute atomic E-state index is 13.2. The molecule has 2 heteroatoms. The van der Waals surface area contributed by atoms with Gasteiger partial charge in [-0.05, 0) is 68.3 Å². The molecule has 2 rings (SSSR count). The summed E-state index contributed by atoms with van der Waals surface area (Å²) in [6.45, 7) is 3.43. The van der Waals surface area contributed by atoms with Crippen molar-refractivity contribution in [3.05, 3.63) is 35.6 Å². The van der Waals surface area contributed by atoms with Gasteiger partial charge in [-0.25, -0.2) is 4.39 Å². The van der Waals surface area contributed by atoms with Crippen LogP contribution >= 0.6 is 0 Å². The molecule has 0 amide bonds. The van der Waals surface area contributed by atoms with Crippen LogP contribution in [0.4, 0.5) is 4.39 Å². The zero-order chi connectivity index (χ0) is 13.0. The van der Waals surface area contributed by atoms with E-state index >= 15 is 0 Å². The lowest BCUT2D eigenvalue weighted by Crippen LogP contribution is -2.32. The topological polar surface area (TPSA) is 12.0 Å². The third-order valence-corrected chi connectivity index (χ3v) is 4.26. The summed E-state index contributed by atoms with van der Waals surface area (Å²) in [5.74, 6) is 2.15. The molecule has 3 unspecified atom stereocenters. The molecule has 0 radical (unpaired) electrons. The number of rotatable bonds is 4. The third kappa shape index (κ3) is 3.55. The summed E-state index contributed by atoms with van der Waals surface area (Å²) in [4.78, 5) is 0. The van der Waals surface area contributed by atoms with Gasteiger partial charge in [-0.2, -0.15) is 0 Å². The van der Waals surface area contributed by atoms with E-state index in [1.165, 1.54) is 25.3 Å². The molecule has 1 fully saturated rings. The first kappa shape index (κ1) is 13.5. The van der Waals surface area contributed by atoms with Crippen molar-refractivity contribution in [3.63, 3.8) is 0 Å². The Balaban J connectivity index is 2.03. The van der Waals surface area contributed by atoms with Crippen molar-refractivity contribution in [2.75, 3.05) is 13.6 Å². The van der Waals surface area contributed by atoms with Gasteiger partial charge in [0.1, 0.15) is 5.82 Å². The highest BCUT2D eigenvalue weighted by Crippen LogP contribution is 2.35. The summed E-state index contributed by atoms with van der Waals surface area (Å²) < 4.78 is 13.2. The first-order chi connectivity index (χ1) is 8.69. The fourth-order valence-electron chi connectivity index (χ4n) is 3.31. The number of halogens is 1. The van der Waals surface area contributed by atoms with Crippen LogP contribution in [0.25, 0.3) is 0 Å². The largest absolute Gasteiger partial charge is 0.319 e. The molecule has 0 saturated heterocycles. The van der Waals surface area contributed by atoms with E-state index < -0.39 is 0 Å². The first-order valence-corrected chi connectivity index (χ1v) is 7.08. The molecule has 0 heterocycles. The second-order valence-electron chi connectivity index (χ2n) is 5.83. The van der Waals surface area contributed by atoms with Gasteiger partial charge < -0.3 is 5.32 Å². The van der Waals surface area contributed by atoms with Crippen LogP contribution in [0.2, 0.25) is 0 Å². The van der Waals surface area contributed by atoms with E-state index in [-0.39, 0.29) is 5.82 Å². The van der Waals surface area contributed by atoms with Gasteiger partial charge in [0.25, 0.3) is 0 Å². The van der Waals surface area contributed by atoms with Gasteiger partial charge in [-0.3, -0.25) is 0 Å². The molecule has 1 saturated carbocycles. The minimum Gasteiger partial charge on any atom is -0.319 e. The number of nitrogens with one attached hydrogen (secondary N) is 1. The predicted molar refractivity (Wildman–Crippen MR) is 74.0 cm³/mol. The molecule has 1 N–H and O–H groups in total. The van der Waals surface area contributed by atoms with E-state index in [0.29, 0.717) is 5.92 Å². The Kier molecular flexibility index (Phi) is 4.76. The second-order valence-corrected chi connectivity index (χ2v) is 5.83. The van der Waals surface area contributed by atoms with E-state index in [0.717, 1.165) is 30.4 Å². The maximum Gasteiger partial charge on any atom is 0.123 e. The van der Waals surface area contributed by atoms with Gasteiger partial charge in [0.15, 0.2) is 0 Å². The lowest BCUT2D eigenvalue weighted by atomic mass is 9.72. The van der Waals surface area contributed by atoms with Crippen molar-refractivity contribution < 1.29 is 4.39 Å². The highest BCUT2D eigenvalue weighted by atomic mass is 19.1. The fraction of sp³-hybridized carbons (Fsp3) is 0.625. The summed E-state index contributed by atoms with van der Waals surface area (Å²) in [6.07, 6.45) is 4.95. The Morgan fingerprint density at radius 3 is 2.83 bits per heavy atom. The molecule has 3 atom stereocenters. The van der Waals surface area contributed by atoms with Gasteiger partial charge in [-0.1, -0.05) is 25.5 Å². The van der Waals surface area contributed by atoms with Gasteiger partial charge in [0.2, 0.25) is 0 Å². The van der Waals surface area contributed by atoms with Gasteiger partial charge in [-0.15, -0.1) is 0 Å². The molecule has 1 aromatic carbocycles. The van der Waals surface area contributed by atoms with Crippen molar-refractivity contribution in [2.24, 2.45) is 17.8 Å². The molecule has 100 valence electrons. The van der Waals surface area contributed by atoms with E-state index in [1.54, 1.807) is 6.07 Å². The first-order valence-electron chi connectivity index (χ1n) is 7.08. The van der Waals surface area contributed by atoms with Crippen molar-refractivity contribution in [2.45, 2.75) is 32.6 Å². The van der Waals surface area contributed by atoms with Crippen LogP contribution < -0.4 is 5.32 Å². The molecule has 0 aliphatic heterocycles. The molecular weight excluding hydrogens is 225 g/mol. The normalized spacial score (nSPS) is 28.3. The van der Waals surface area contributed by atoms with Crippen molar-refractivity contribution in [1.82, 2.24) is 5.32 Å². The average Bonchev–Trinajstić information content (AvgIpc) is 2.33. The summed E-state index contributed by atoms with van der Waals surface area (Å²) in [6, 6.07) is 7.09. The van der Waals surface area contributed by atoms with Gasteiger partial charge in [0.05, 0.1) is 0 Å². The third-order valence-electron chi connectivity index (χ3n) is 4.26. The number of hydrogen-bond donors (Lipinski definition) is 1. The Morgan fingerprint density at radius 1 is 1.28 bits per heavy atom. The zero-order valence-electron chi connectivity index (χ0n) is 11.5. The van der Waals surface area contributed by atoms with E-state index in [9.17, 15) is 4.39 Å². The Labute approximate surface area is 110 Å². The average molecular weight is 249 g/mol. The highest BCUT2D eigenvalue weighted by molar-refractivity contribution is 5.17. The minimum atomic E-state index is -0.110. The molecule has 18 heavy (non-hydrogen) atoms. The van der Waals surface area contributed by atoms with Crippen LogP contribution in [0, 0.1) is 23.6 Å². The van der Waals surface area contributed by atoms with E-state index in [1.807, 2.05) is 13.1 Å². The second kappa shape index (κ2) is 6.33. The lowest BCUT2D eigenvalue weighted by Gasteiger charge is -2.35. The van der Waals surface area contributed by atoms with Crippen LogP contribution in [0.3, 0.4) is 0 Å². The fourth-order valence-corrected chi connectivity index (χ4v) is 3.31. The van der Waals surface area contributed by atoms with Crippen LogP contribution in [-0.2, 0) is 6.42 Å². The van der Waals surface area contributed by atoms with Crippen LogP contribution in [0.5, 0.6) is 0 Å². The predicted octanol–water partition coefficient (Wildman–Crippen LogP) is 3.64. The minimum absolute atomic E-state index is 0.110. The van der Waals surface area contributed by atoms with Gasteiger partial charge >= 0.3 is 0 Å². The highest BCUT2D eigenvalue weighted by Gasteiger charge is 2.28. The zero-order valence-corrected chi connectivity index (χ0v) is 11.5. The van der Waals surface area contributed by atoms with E-state index in [2.05, 4.69) is 18.3 Å². The lowest BCUT2D eigenvalue weighted by molar-refractivity contribution is 0.186. The molecule has 1 aromatic rings. The molecule has 1 nitrogen and oxygen atoms in total. The SMILES string of the molecule is CNCC1CCC(C)CC1Cc1cccc(F)c1. The van der Waals surface area contributed by atoms with Crippen LogP contribution in [0.15, 0.2) is 24.3 Å². The molecular formula is C16H24FN. The standard InChI is InChI=1S/C16H24FN/c1-12-6-7-14(11-18-2)15(8-12)9-13-4-3-5-16(17)10-13/h3-5,10,12,14-15,18H,6-9,11H2,1-2H3. The van der Waals surface area contributed by atoms with Crippen molar-refractivity contribution >= 4 is 0 Å². The molecule has 1 aliphatic rings. The smallest absolute Gasteiger partial charge is 0.123 e. The Morgan fingerprint density at radius 2 is 2.11 bits per heavy atom. The summed E-state index contributed by atoms with van der Waals surface area (Å²) in [5, 5.41) is 3.31. The van der Waals surface area contributed by atoms with Crippen molar-refractivity contribution in [3.8, 4) is 0 Å². The van der Waals surface area contributed by atoms with Crippen molar-refractivity contribution in [1.29, 1.82) is 0 Å². The van der Waals surface area contributed by atoms with Crippen LogP contribution in [0.1, 0.15) is 31.7 Å². The molecule has 0 spiro atoms. The molecule has 0 bridgehead atoms. The Bertz CT molecular complexity index is 377.